The molecule has 0 aromatic heterocycles. The first-order valence-corrected chi connectivity index (χ1v) is 8.09. The van der Waals surface area contributed by atoms with Crippen LogP contribution in [0.1, 0.15) is 49.4 Å². The van der Waals surface area contributed by atoms with Crippen LogP contribution in [-0.2, 0) is 0 Å². The van der Waals surface area contributed by atoms with Gasteiger partial charge in [-0.3, -0.25) is 4.79 Å². The van der Waals surface area contributed by atoms with Crippen molar-refractivity contribution in [3.05, 3.63) is 34.1 Å². The normalized spacial score (nSPS) is 22.6. The van der Waals surface area contributed by atoms with Crippen LogP contribution in [0, 0.1) is 17.7 Å². The number of amides is 1. The van der Waals surface area contributed by atoms with Crippen LogP contribution in [0.2, 0.25) is 0 Å². The molecule has 1 amide bonds. The van der Waals surface area contributed by atoms with Gasteiger partial charge in [-0.25, -0.2) is 4.39 Å². The Labute approximate surface area is 128 Å². The zero-order valence-corrected chi connectivity index (χ0v) is 13.4. The van der Waals surface area contributed by atoms with E-state index in [0.717, 1.165) is 18.3 Å². The molecule has 0 bridgehead atoms. The molecule has 2 unspecified atom stereocenters. The minimum atomic E-state index is -0.404. The molecule has 1 N–H and O–H groups in total. The average Bonchev–Trinajstić information content (AvgIpc) is 2.42. The molecule has 1 fully saturated rings. The summed E-state index contributed by atoms with van der Waals surface area (Å²) in [6.45, 7) is 2.97. The van der Waals surface area contributed by atoms with Crippen molar-refractivity contribution in [1.82, 2.24) is 5.32 Å². The van der Waals surface area contributed by atoms with Gasteiger partial charge in [-0.15, -0.1) is 0 Å². The van der Waals surface area contributed by atoms with Gasteiger partial charge in [-0.2, -0.15) is 0 Å². The molecular formula is C16H21BrFNO. The van der Waals surface area contributed by atoms with E-state index in [1.54, 1.807) is 12.1 Å². The van der Waals surface area contributed by atoms with Crippen LogP contribution in [0.4, 0.5) is 4.39 Å². The van der Waals surface area contributed by atoms with Crippen molar-refractivity contribution < 1.29 is 9.18 Å². The Kier molecular flexibility index (Phi) is 5.58. The monoisotopic (exact) mass is 341 g/mol. The maximum Gasteiger partial charge on any atom is 0.252 e. The van der Waals surface area contributed by atoms with Crippen molar-refractivity contribution in [3.63, 3.8) is 0 Å². The molecule has 1 aromatic carbocycles. The lowest BCUT2D eigenvalue weighted by Crippen LogP contribution is -2.27. The molecule has 2 atom stereocenters. The Hall–Kier alpha value is -0.900. The summed E-state index contributed by atoms with van der Waals surface area (Å²) in [6, 6.07) is 4.52. The highest BCUT2D eigenvalue weighted by molar-refractivity contribution is 9.10. The molecule has 1 aliphatic rings. The summed E-state index contributed by atoms with van der Waals surface area (Å²) < 4.78 is 13.6. The molecule has 0 saturated heterocycles. The summed E-state index contributed by atoms with van der Waals surface area (Å²) in [5, 5.41) is 2.89. The van der Waals surface area contributed by atoms with Gasteiger partial charge in [0.25, 0.3) is 5.91 Å². The Balaban J connectivity index is 1.82. The van der Waals surface area contributed by atoms with Gasteiger partial charge in [0, 0.05) is 6.54 Å². The number of benzene rings is 1. The smallest absolute Gasteiger partial charge is 0.252 e. The highest BCUT2D eigenvalue weighted by atomic mass is 79.9. The van der Waals surface area contributed by atoms with E-state index in [0.29, 0.717) is 12.1 Å². The van der Waals surface area contributed by atoms with Gasteiger partial charge < -0.3 is 5.32 Å². The van der Waals surface area contributed by atoms with Crippen LogP contribution in [0.3, 0.4) is 0 Å². The molecule has 4 heteroatoms. The van der Waals surface area contributed by atoms with Gasteiger partial charge in [0.05, 0.1) is 10.0 Å². The maximum atomic E-state index is 13.4. The third kappa shape index (κ3) is 4.05. The van der Waals surface area contributed by atoms with E-state index in [2.05, 4.69) is 28.2 Å². The Morgan fingerprint density at radius 3 is 3.00 bits per heavy atom. The van der Waals surface area contributed by atoms with Gasteiger partial charge in [0.15, 0.2) is 0 Å². The number of carbonyl (C=O) groups excluding carboxylic acids is 1. The van der Waals surface area contributed by atoms with Crippen molar-refractivity contribution >= 4 is 21.8 Å². The third-order valence-corrected chi connectivity index (χ3v) is 4.89. The van der Waals surface area contributed by atoms with E-state index >= 15 is 0 Å². The number of nitrogens with one attached hydrogen (secondary N) is 1. The fourth-order valence-corrected chi connectivity index (χ4v) is 3.43. The van der Waals surface area contributed by atoms with E-state index in [1.807, 2.05) is 0 Å². The first-order chi connectivity index (χ1) is 9.58. The summed E-state index contributed by atoms with van der Waals surface area (Å²) >= 11 is 3.12. The van der Waals surface area contributed by atoms with E-state index in [4.69, 9.17) is 0 Å². The van der Waals surface area contributed by atoms with E-state index < -0.39 is 5.82 Å². The van der Waals surface area contributed by atoms with Gasteiger partial charge in [-0.1, -0.05) is 32.3 Å². The summed E-state index contributed by atoms with van der Waals surface area (Å²) in [5.41, 5.74) is 0.363. The fourth-order valence-electron chi connectivity index (χ4n) is 2.99. The third-order valence-electron chi connectivity index (χ3n) is 4.08. The number of rotatable bonds is 4. The van der Waals surface area contributed by atoms with Crippen molar-refractivity contribution in [1.29, 1.82) is 0 Å². The van der Waals surface area contributed by atoms with Crippen LogP contribution < -0.4 is 5.32 Å². The second kappa shape index (κ2) is 7.21. The van der Waals surface area contributed by atoms with Crippen molar-refractivity contribution in [2.45, 2.75) is 39.0 Å². The number of hydrogen-bond donors (Lipinski definition) is 1. The predicted octanol–water partition coefficient (Wildman–Crippen LogP) is 4.53. The summed E-state index contributed by atoms with van der Waals surface area (Å²) in [7, 11) is 0. The lowest BCUT2D eigenvalue weighted by Gasteiger charge is -2.26. The van der Waals surface area contributed by atoms with Crippen LogP contribution >= 0.6 is 15.9 Å². The molecule has 2 nitrogen and oxygen atoms in total. The number of carbonyl (C=O) groups is 1. The quantitative estimate of drug-likeness (QED) is 0.856. The summed E-state index contributed by atoms with van der Waals surface area (Å²) in [6.07, 6.45) is 6.18. The SMILES string of the molecule is CC1CCCC(CCNC(=O)c2cccc(F)c2Br)C1. The summed E-state index contributed by atoms with van der Waals surface area (Å²) in [4.78, 5) is 12.0. The molecule has 0 aliphatic heterocycles. The van der Waals surface area contributed by atoms with Crippen LogP contribution in [0.5, 0.6) is 0 Å². The second-order valence-corrected chi connectivity index (χ2v) is 6.58. The highest BCUT2D eigenvalue weighted by Crippen LogP contribution is 2.30. The molecule has 1 aromatic rings. The van der Waals surface area contributed by atoms with Crippen LogP contribution in [0.25, 0.3) is 0 Å². The fraction of sp³-hybridized carbons (Fsp3) is 0.562. The van der Waals surface area contributed by atoms with Gasteiger partial charge in [-0.05, 0) is 52.7 Å². The molecule has 0 heterocycles. The first-order valence-electron chi connectivity index (χ1n) is 7.30. The topological polar surface area (TPSA) is 29.1 Å². The van der Waals surface area contributed by atoms with Gasteiger partial charge >= 0.3 is 0 Å². The van der Waals surface area contributed by atoms with Gasteiger partial charge in [0.2, 0.25) is 0 Å². The van der Waals surface area contributed by atoms with Crippen molar-refractivity contribution in [3.8, 4) is 0 Å². The Morgan fingerprint density at radius 1 is 1.45 bits per heavy atom. The zero-order valence-electron chi connectivity index (χ0n) is 11.8. The number of halogens is 2. The number of hydrogen-bond acceptors (Lipinski definition) is 1. The molecule has 1 aliphatic carbocycles. The maximum absolute atomic E-state index is 13.4. The minimum absolute atomic E-state index is 0.208. The van der Waals surface area contributed by atoms with Crippen LogP contribution in [-0.4, -0.2) is 12.5 Å². The van der Waals surface area contributed by atoms with Crippen molar-refractivity contribution in [2.24, 2.45) is 11.8 Å². The average molecular weight is 342 g/mol. The Bertz CT molecular complexity index is 478. The molecule has 1 saturated carbocycles. The molecule has 110 valence electrons. The molecular weight excluding hydrogens is 321 g/mol. The molecule has 2 rings (SSSR count). The lowest BCUT2D eigenvalue weighted by atomic mass is 9.81. The van der Waals surface area contributed by atoms with Gasteiger partial charge in [0.1, 0.15) is 5.82 Å². The Morgan fingerprint density at radius 2 is 2.25 bits per heavy atom. The summed E-state index contributed by atoms with van der Waals surface area (Å²) in [5.74, 6) is 0.913. The predicted molar refractivity (Wildman–Crippen MR) is 82.2 cm³/mol. The first kappa shape index (κ1) is 15.5. The van der Waals surface area contributed by atoms with Crippen molar-refractivity contribution in [2.75, 3.05) is 6.54 Å². The largest absolute Gasteiger partial charge is 0.352 e. The second-order valence-electron chi connectivity index (χ2n) is 5.78. The highest BCUT2D eigenvalue weighted by Gasteiger charge is 2.19. The van der Waals surface area contributed by atoms with E-state index in [-0.39, 0.29) is 10.4 Å². The van der Waals surface area contributed by atoms with E-state index in [1.165, 1.54) is 31.7 Å². The van der Waals surface area contributed by atoms with E-state index in [9.17, 15) is 9.18 Å². The molecule has 0 spiro atoms. The zero-order chi connectivity index (χ0) is 14.5. The van der Waals surface area contributed by atoms with Crippen LogP contribution in [0.15, 0.2) is 22.7 Å². The standard InChI is InChI=1S/C16H21BrFNO/c1-11-4-2-5-12(10-11)8-9-19-16(20)13-6-3-7-14(18)15(13)17/h3,6-7,11-12H,2,4-5,8-10H2,1H3,(H,19,20). The minimum Gasteiger partial charge on any atom is -0.352 e. The molecule has 20 heavy (non-hydrogen) atoms. The molecule has 0 radical (unpaired) electrons. The lowest BCUT2D eigenvalue weighted by molar-refractivity contribution is 0.0948.